The molecule has 4 nitrogen and oxygen atoms in total. The van der Waals surface area contributed by atoms with Crippen molar-refractivity contribution < 1.29 is 9.59 Å². The van der Waals surface area contributed by atoms with Gasteiger partial charge in [0, 0.05) is 18.5 Å². The molecule has 0 unspecified atom stereocenters. The van der Waals surface area contributed by atoms with Crippen LogP contribution in [0.1, 0.15) is 54.6 Å². The van der Waals surface area contributed by atoms with Gasteiger partial charge in [0.1, 0.15) is 0 Å². The summed E-state index contributed by atoms with van der Waals surface area (Å²) in [4.78, 5) is 26.1. The number of carbonyl (C=O) groups excluding carboxylic acids is 2. The highest BCUT2D eigenvalue weighted by Crippen LogP contribution is 2.23. The molecule has 0 spiro atoms. The molecule has 2 aromatic carbocycles. The highest BCUT2D eigenvalue weighted by Gasteiger charge is 2.28. The molecule has 138 valence electrons. The summed E-state index contributed by atoms with van der Waals surface area (Å²) < 4.78 is 0. The molecular weight excluding hydrogens is 324 g/mol. The van der Waals surface area contributed by atoms with Crippen LogP contribution in [-0.4, -0.2) is 23.4 Å². The Kier molecular flexibility index (Phi) is 6.96. The van der Waals surface area contributed by atoms with Gasteiger partial charge in [0.2, 0.25) is 5.91 Å². The summed E-state index contributed by atoms with van der Waals surface area (Å²) in [5, 5.41) is 3.15. The van der Waals surface area contributed by atoms with Crippen molar-refractivity contribution in [2.45, 2.75) is 47.0 Å². The first-order valence-electron chi connectivity index (χ1n) is 9.27. The number of hydrazine groups is 1. The Bertz CT molecular complexity index is 756. The summed E-state index contributed by atoms with van der Waals surface area (Å²) in [5.74, 6) is -0.226. The van der Waals surface area contributed by atoms with Crippen molar-refractivity contribution in [1.29, 1.82) is 0 Å². The Labute approximate surface area is 156 Å². The number of carbonyl (C=O) groups is 2. The zero-order chi connectivity index (χ0) is 19.1. The van der Waals surface area contributed by atoms with Gasteiger partial charge in [0.25, 0.3) is 5.91 Å². The molecule has 0 bridgehead atoms. The Hall–Kier alpha value is -2.62. The Morgan fingerprint density at radius 3 is 2.23 bits per heavy atom. The van der Waals surface area contributed by atoms with Crippen molar-refractivity contribution in [3.8, 4) is 0 Å². The first kappa shape index (κ1) is 19.7. The van der Waals surface area contributed by atoms with Crippen molar-refractivity contribution in [1.82, 2.24) is 5.01 Å². The van der Waals surface area contributed by atoms with Crippen molar-refractivity contribution in [3.05, 3.63) is 65.2 Å². The van der Waals surface area contributed by atoms with Crippen molar-refractivity contribution in [2.75, 3.05) is 11.6 Å². The van der Waals surface area contributed by atoms with Crippen LogP contribution in [0, 0.1) is 13.8 Å². The Balaban J connectivity index is 2.54. The number of nitrogens with zero attached hydrogens (tertiary/aromatic N) is 2. The molecule has 0 saturated carbocycles. The van der Waals surface area contributed by atoms with E-state index in [4.69, 9.17) is 0 Å². The lowest BCUT2D eigenvalue weighted by atomic mass is 10.0. The third kappa shape index (κ3) is 4.31. The van der Waals surface area contributed by atoms with Crippen LogP contribution >= 0.6 is 0 Å². The van der Waals surface area contributed by atoms with Gasteiger partial charge in [-0.2, -0.15) is 0 Å². The molecule has 2 amide bonds. The van der Waals surface area contributed by atoms with E-state index >= 15 is 0 Å². The van der Waals surface area contributed by atoms with E-state index in [2.05, 4.69) is 6.92 Å². The van der Waals surface area contributed by atoms with Crippen LogP contribution in [0.2, 0.25) is 0 Å². The molecule has 0 fully saturated rings. The Morgan fingerprint density at radius 1 is 0.923 bits per heavy atom. The molecule has 0 N–H and O–H groups in total. The molecule has 0 saturated heterocycles. The quantitative estimate of drug-likeness (QED) is 0.694. The average molecular weight is 352 g/mol. The summed E-state index contributed by atoms with van der Waals surface area (Å²) >= 11 is 0. The summed E-state index contributed by atoms with van der Waals surface area (Å²) in [6, 6.07) is 15.1. The number of amides is 2. The van der Waals surface area contributed by atoms with Crippen molar-refractivity contribution in [3.63, 3.8) is 0 Å². The molecule has 0 heterocycles. The van der Waals surface area contributed by atoms with Gasteiger partial charge < -0.3 is 0 Å². The lowest BCUT2D eigenvalue weighted by Crippen LogP contribution is -2.50. The summed E-state index contributed by atoms with van der Waals surface area (Å²) in [6.45, 7) is 8.37. The first-order chi connectivity index (χ1) is 12.5. The number of rotatable bonds is 6. The van der Waals surface area contributed by atoms with Gasteiger partial charge in [-0.15, -0.1) is 0 Å². The van der Waals surface area contributed by atoms with E-state index < -0.39 is 0 Å². The molecule has 4 heteroatoms. The van der Waals surface area contributed by atoms with E-state index in [1.165, 1.54) is 0 Å². The molecule has 0 aliphatic rings. The SMILES string of the molecule is CCCCN(C(=O)CC)N(C(=O)c1cccc(C)c1C)c1ccccc1. The molecule has 0 aliphatic heterocycles. The van der Waals surface area contributed by atoms with Crippen LogP contribution < -0.4 is 5.01 Å². The minimum atomic E-state index is -0.171. The fourth-order valence-corrected chi connectivity index (χ4v) is 2.86. The topological polar surface area (TPSA) is 40.6 Å². The predicted octanol–water partition coefficient (Wildman–Crippen LogP) is 4.90. The highest BCUT2D eigenvalue weighted by atomic mass is 16.2. The number of aryl methyl sites for hydroxylation is 1. The van der Waals surface area contributed by atoms with E-state index in [-0.39, 0.29) is 11.8 Å². The van der Waals surface area contributed by atoms with E-state index in [1.807, 2.05) is 69.3 Å². The number of unbranched alkanes of at least 4 members (excludes halogenated alkanes) is 1. The van der Waals surface area contributed by atoms with Crippen LogP contribution in [0.4, 0.5) is 5.69 Å². The average Bonchev–Trinajstić information content (AvgIpc) is 2.67. The number of anilines is 1. The van der Waals surface area contributed by atoms with E-state index in [1.54, 1.807) is 10.0 Å². The van der Waals surface area contributed by atoms with Gasteiger partial charge >= 0.3 is 0 Å². The fraction of sp³-hybridized carbons (Fsp3) is 0.364. The van der Waals surface area contributed by atoms with Gasteiger partial charge in [0.05, 0.1) is 5.69 Å². The molecule has 0 aromatic heterocycles. The Morgan fingerprint density at radius 2 is 1.62 bits per heavy atom. The normalized spacial score (nSPS) is 10.5. The fourth-order valence-electron chi connectivity index (χ4n) is 2.86. The van der Waals surface area contributed by atoms with Gasteiger partial charge in [-0.3, -0.25) is 9.59 Å². The van der Waals surface area contributed by atoms with Crippen LogP contribution in [0.25, 0.3) is 0 Å². The second kappa shape index (κ2) is 9.18. The summed E-state index contributed by atoms with van der Waals surface area (Å²) in [5.41, 5.74) is 3.33. The van der Waals surface area contributed by atoms with Gasteiger partial charge in [-0.1, -0.05) is 50.6 Å². The van der Waals surface area contributed by atoms with Crippen LogP contribution in [0.5, 0.6) is 0 Å². The summed E-state index contributed by atoms with van der Waals surface area (Å²) in [7, 11) is 0. The third-order valence-corrected chi connectivity index (χ3v) is 4.58. The van der Waals surface area contributed by atoms with Gasteiger partial charge in [-0.25, -0.2) is 10.0 Å². The smallest absolute Gasteiger partial charge is 0.273 e. The molecule has 2 rings (SSSR count). The van der Waals surface area contributed by atoms with Crippen molar-refractivity contribution >= 4 is 17.5 Å². The van der Waals surface area contributed by atoms with E-state index in [0.717, 1.165) is 24.0 Å². The van der Waals surface area contributed by atoms with Crippen LogP contribution in [0.15, 0.2) is 48.5 Å². The highest BCUT2D eigenvalue weighted by molar-refractivity contribution is 6.08. The molecular formula is C22H28N2O2. The number of hydrogen-bond donors (Lipinski definition) is 0. The van der Waals surface area contributed by atoms with E-state index in [0.29, 0.717) is 24.2 Å². The minimum Gasteiger partial charge on any atom is -0.273 e. The standard InChI is InChI=1S/C22H28N2O2/c1-5-7-16-23(21(25)6-2)24(19-13-9-8-10-14-19)22(26)20-15-11-12-17(3)18(20)4/h8-15H,5-7,16H2,1-4H3. The summed E-state index contributed by atoms with van der Waals surface area (Å²) in [6.07, 6.45) is 2.15. The van der Waals surface area contributed by atoms with Crippen molar-refractivity contribution in [2.24, 2.45) is 0 Å². The third-order valence-electron chi connectivity index (χ3n) is 4.58. The zero-order valence-corrected chi connectivity index (χ0v) is 16.2. The lowest BCUT2D eigenvalue weighted by Gasteiger charge is -2.35. The molecule has 2 aromatic rings. The maximum absolute atomic E-state index is 13.5. The second-order valence-corrected chi connectivity index (χ2v) is 6.42. The number of para-hydroxylation sites is 1. The monoisotopic (exact) mass is 352 g/mol. The molecule has 0 radical (unpaired) electrons. The minimum absolute atomic E-state index is 0.0547. The second-order valence-electron chi connectivity index (χ2n) is 6.42. The first-order valence-corrected chi connectivity index (χ1v) is 9.27. The lowest BCUT2D eigenvalue weighted by molar-refractivity contribution is -0.131. The van der Waals surface area contributed by atoms with Crippen LogP contribution in [0.3, 0.4) is 0 Å². The largest absolute Gasteiger partial charge is 0.277 e. The van der Waals surface area contributed by atoms with Crippen LogP contribution in [-0.2, 0) is 4.79 Å². The zero-order valence-electron chi connectivity index (χ0n) is 16.2. The number of benzene rings is 2. The molecule has 0 aliphatic carbocycles. The number of hydrogen-bond acceptors (Lipinski definition) is 2. The van der Waals surface area contributed by atoms with Gasteiger partial charge in [0.15, 0.2) is 0 Å². The maximum Gasteiger partial charge on any atom is 0.277 e. The van der Waals surface area contributed by atoms with E-state index in [9.17, 15) is 9.59 Å². The molecule has 0 atom stereocenters. The maximum atomic E-state index is 13.5. The van der Waals surface area contributed by atoms with Gasteiger partial charge in [-0.05, 0) is 49.6 Å². The molecule has 26 heavy (non-hydrogen) atoms. The predicted molar refractivity (Wildman–Crippen MR) is 106 cm³/mol.